The van der Waals surface area contributed by atoms with E-state index in [1.165, 1.54) is 17.4 Å². The maximum Gasteiger partial charge on any atom is 0.190 e. The van der Waals surface area contributed by atoms with Gasteiger partial charge in [0.25, 0.3) is 0 Å². The van der Waals surface area contributed by atoms with Crippen LogP contribution in [0.2, 0.25) is 0 Å². The van der Waals surface area contributed by atoms with Gasteiger partial charge < -0.3 is 14.8 Å². The Morgan fingerprint density at radius 1 is 1.00 bits per heavy atom. The molecule has 2 aromatic carbocycles. The number of hydrogen-bond acceptors (Lipinski definition) is 4. The van der Waals surface area contributed by atoms with Gasteiger partial charge in [-0.2, -0.15) is 0 Å². The number of para-hydroxylation sites is 1. The highest BCUT2D eigenvalue weighted by Crippen LogP contribution is 2.30. The molecule has 4 nitrogen and oxygen atoms in total. The zero-order valence-corrected chi connectivity index (χ0v) is 12.2. The van der Waals surface area contributed by atoms with Crippen molar-refractivity contribution in [3.05, 3.63) is 58.7 Å². The molecule has 3 aromatic rings. The third kappa shape index (κ3) is 2.68. The van der Waals surface area contributed by atoms with Crippen molar-refractivity contribution in [2.75, 3.05) is 0 Å². The second-order valence-electron chi connectivity index (χ2n) is 4.61. The normalized spacial score (nSPS) is 11.8. The number of phenolic OH excluding ortho intramolecular Hbond substituents is 2. The van der Waals surface area contributed by atoms with Crippen molar-refractivity contribution in [1.29, 1.82) is 0 Å². The predicted molar refractivity (Wildman–Crippen MR) is 83.7 cm³/mol. The van der Waals surface area contributed by atoms with Crippen LogP contribution in [0, 0.1) is 0 Å². The van der Waals surface area contributed by atoms with Gasteiger partial charge in [0.1, 0.15) is 0 Å². The first kappa shape index (κ1) is 13.5. The molecule has 1 aromatic heterocycles. The number of phenols is 2. The maximum absolute atomic E-state index is 9.62. The first-order valence-corrected chi connectivity index (χ1v) is 7.30. The summed E-state index contributed by atoms with van der Waals surface area (Å²) in [4.78, 5) is 5.46. The molecule has 0 unspecified atom stereocenters. The smallest absolute Gasteiger partial charge is 0.190 e. The molecule has 0 saturated heterocycles. The fraction of sp³-hybridized carbons (Fsp3) is 0.0625. The minimum atomic E-state index is -0.125. The van der Waals surface area contributed by atoms with Crippen molar-refractivity contribution < 1.29 is 10.2 Å². The van der Waals surface area contributed by atoms with Gasteiger partial charge in [-0.15, -0.1) is 11.3 Å². The molecule has 1 heterocycles. The van der Waals surface area contributed by atoms with Gasteiger partial charge in [-0.05, 0) is 30.3 Å². The van der Waals surface area contributed by atoms with Gasteiger partial charge in [0.05, 0.1) is 11.4 Å². The van der Waals surface area contributed by atoms with E-state index >= 15 is 0 Å². The Kier molecular flexibility index (Phi) is 3.50. The zero-order valence-electron chi connectivity index (χ0n) is 11.4. The predicted octanol–water partition coefficient (Wildman–Crippen LogP) is 3.40. The minimum Gasteiger partial charge on any atom is -0.504 e. The number of nitrogens with zero attached hydrogens (tertiary/aromatic N) is 2. The van der Waals surface area contributed by atoms with E-state index in [9.17, 15) is 10.2 Å². The molecule has 0 amide bonds. The maximum atomic E-state index is 9.62. The molecule has 0 aliphatic carbocycles. The Balaban J connectivity index is 2.07. The Morgan fingerprint density at radius 2 is 1.76 bits per heavy atom. The lowest BCUT2D eigenvalue weighted by Gasteiger charge is -2.04. The summed E-state index contributed by atoms with van der Waals surface area (Å²) < 4.78 is 1.96. The van der Waals surface area contributed by atoms with Crippen molar-refractivity contribution in [1.82, 2.24) is 4.57 Å². The van der Waals surface area contributed by atoms with Crippen LogP contribution in [0.5, 0.6) is 11.5 Å². The van der Waals surface area contributed by atoms with E-state index in [0.29, 0.717) is 0 Å². The molecular weight excluding hydrogens is 284 g/mol. The van der Waals surface area contributed by atoms with Crippen LogP contribution >= 0.6 is 11.3 Å². The van der Waals surface area contributed by atoms with Crippen molar-refractivity contribution in [2.45, 2.75) is 0 Å². The molecule has 0 spiro atoms. The SMILES string of the molecule is Cn1c(-c2ccc(O)c(O)c2)csc1=Nc1ccccc1. The van der Waals surface area contributed by atoms with Gasteiger partial charge in [-0.25, -0.2) is 4.99 Å². The summed E-state index contributed by atoms with van der Waals surface area (Å²) in [6, 6.07) is 14.6. The van der Waals surface area contributed by atoms with Gasteiger partial charge in [0.15, 0.2) is 16.3 Å². The summed E-state index contributed by atoms with van der Waals surface area (Å²) in [5.41, 5.74) is 2.67. The zero-order chi connectivity index (χ0) is 14.8. The Morgan fingerprint density at radius 3 is 2.48 bits per heavy atom. The summed E-state index contributed by atoms with van der Waals surface area (Å²) in [6.07, 6.45) is 0. The molecule has 0 radical (unpaired) electrons. The van der Waals surface area contributed by atoms with Gasteiger partial charge in [0, 0.05) is 18.0 Å². The van der Waals surface area contributed by atoms with E-state index in [2.05, 4.69) is 4.99 Å². The third-order valence-electron chi connectivity index (χ3n) is 3.18. The lowest BCUT2D eigenvalue weighted by atomic mass is 10.1. The first-order chi connectivity index (χ1) is 10.1. The van der Waals surface area contributed by atoms with Crippen molar-refractivity contribution in [2.24, 2.45) is 12.0 Å². The number of aromatic hydroxyl groups is 2. The number of aromatic nitrogens is 1. The van der Waals surface area contributed by atoms with Crippen molar-refractivity contribution >= 4 is 17.0 Å². The van der Waals surface area contributed by atoms with Crippen LogP contribution in [-0.2, 0) is 7.05 Å². The van der Waals surface area contributed by atoms with Crippen LogP contribution in [-0.4, -0.2) is 14.8 Å². The minimum absolute atomic E-state index is 0.120. The fourth-order valence-electron chi connectivity index (χ4n) is 2.03. The quantitative estimate of drug-likeness (QED) is 0.712. The molecule has 0 aliphatic rings. The van der Waals surface area contributed by atoms with E-state index in [1.807, 2.05) is 47.3 Å². The van der Waals surface area contributed by atoms with E-state index < -0.39 is 0 Å². The number of benzene rings is 2. The summed E-state index contributed by atoms with van der Waals surface area (Å²) in [7, 11) is 1.93. The summed E-state index contributed by atoms with van der Waals surface area (Å²) in [6.45, 7) is 0. The van der Waals surface area contributed by atoms with Crippen LogP contribution < -0.4 is 4.80 Å². The van der Waals surface area contributed by atoms with Crippen LogP contribution in [0.3, 0.4) is 0 Å². The standard InChI is InChI=1S/C16H14N2O2S/c1-18-13(11-7-8-14(19)15(20)9-11)10-21-16(18)17-12-5-3-2-4-6-12/h2-10,19-20H,1H3. The summed E-state index contributed by atoms with van der Waals surface area (Å²) >= 11 is 1.53. The topological polar surface area (TPSA) is 57.8 Å². The fourth-order valence-corrected chi connectivity index (χ4v) is 2.95. The third-order valence-corrected chi connectivity index (χ3v) is 4.09. The number of thiazole rings is 1. The Labute approximate surface area is 125 Å². The number of hydrogen-bond donors (Lipinski definition) is 2. The lowest BCUT2D eigenvalue weighted by molar-refractivity contribution is 0.404. The Bertz CT molecular complexity index is 835. The van der Waals surface area contributed by atoms with Gasteiger partial charge in [-0.1, -0.05) is 18.2 Å². The van der Waals surface area contributed by atoms with Crippen molar-refractivity contribution in [3.63, 3.8) is 0 Å². The molecule has 106 valence electrons. The average molecular weight is 298 g/mol. The molecular formula is C16H14N2O2S. The molecule has 0 fully saturated rings. The first-order valence-electron chi connectivity index (χ1n) is 6.42. The van der Waals surface area contributed by atoms with E-state index in [1.54, 1.807) is 12.1 Å². The molecule has 3 rings (SSSR count). The average Bonchev–Trinajstić information content (AvgIpc) is 2.84. The highest BCUT2D eigenvalue weighted by molar-refractivity contribution is 7.07. The highest BCUT2D eigenvalue weighted by Gasteiger charge is 2.07. The van der Waals surface area contributed by atoms with E-state index in [4.69, 9.17) is 0 Å². The summed E-state index contributed by atoms with van der Waals surface area (Å²) in [5, 5.41) is 21.0. The second-order valence-corrected chi connectivity index (χ2v) is 5.45. The molecule has 0 aliphatic heterocycles. The highest BCUT2D eigenvalue weighted by atomic mass is 32.1. The van der Waals surface area contributed by atoms with Crippen LogP contribution in [0.1, 0.15) is 0 Å². The van der Waals surface area contributed by atoms with Gasteiger partial charge in [-0.3, -0.25) is 0 Å². The second kappa shape index (κ2) is 5.46. The van der Waals surface area contributed by atoms with E-state index in [0.717, 1.165) is 21.7 Å². The van der Waals surface area contributed by atoms with Crippen LogP contribution in [0.4, 0.5) is 5.69 Å². The van der Waals surface area contributed by atoms with Crippen molar-refractivity contribution in [3.8, 4) is 22.8 Å². The molecule has 0 atom stereocenters. The largest absolute Gasteiger partial charge is 0.504 e. The molecule has 2 N–H and O–H groups in total. The molecule has 0 bridgehead atoms. The molecule has 21 heavy (non-hydrogen) atoms. The Hall–Kier alpha value is -2.53. The number of rotatable bonds is 2. The van der Waals surface area contributed by atoms with Gasteiger partial charge in [0.2, 0.25) is 0 Å². The monoisotopic (exact) mass is 298 g/mol. The van der Waals surface area contributed by atoms with E-state index in [-0.39, 0.29) is 11.5 Å². The molecule has 5 heteroatoms. The van der Waals surface area contributed by atoms with Crippen LogP contribution in [0.25, 0.3) is 11.3 Å². The molecule has 0 saturated carbocycles. The lowest BCUT2D eigenvalue weighted by Crippen LogP contribution is -2.10. The van der Waals surface area contributed by atoms with Crippen LogP contribution in [0.15, 0.2) is 58.9 Å². The summed E-state index contributed by atoms with van der Waals surface area (Å²) in [5.74, 6) is -0.244. The van der Waals surface area contributed by atoms with Gasteiger partial charge >= 0.3 is 0 Å².